The van der Waals surface area contributed by atoms with Crippen molar-refractivity contribution in [1.29, 1.82) is 0 Å². The van der Waals surface area contributed by atoms with E-state index in [2.05, 4.69) is 0 Å². The standard InChI is InChI=1S/C15H21NO3/c1-11(17)16-10-5-4-7-12(16)15-13(18-2)8-6-9-14(15)19-3/h6,8-9,12H,4-5,7,10H2,1-3H3. The van der Waals surface area contributed by atoms with Crippen molar-refractivity contribution in [2.24, 2.45) is 0 Å². The molecule has 1 saturated heterocycles. The zero-order chi connectivity index (χ0) is 13.8. The predicted molar refractivity (Wildman–Crippen MR) is 73.5 cm³/mol. The highest BCUT2D eigenvalue weighted by atomic mass is 16.5. The SMILES string of the molecule is COc1cccc(OC)c1C1CCCCN1C(C)=O. The summed E-state index contributed by atoms with van der Waals surface area (Å²) in [5, 5.41) is 0. The van der Waals surface area contributed by atoms with Crippen molar-refractivity contribution in [3.05, 3.63) is 23.8 Å². The fourth-order valence-corrected chi connectivity index (χ4v) is 2.82. The molecular weight excluding hydrogens is 242 g/mol. The number of methoxy groups -OCH3 is 2. The van der Waals surface area contributed by atoms with Gasteiger partial charge < -0.3 is 14.4 Å². The van der Waals surface area contributed by atoms with Crippen LogP contribution in [0, 0.1) is 0 Å². The second-order valence-corrected chi connectivity index (χ2v) is 4.80. The van der Waals surface area contributed by atoms with Crippen LogP contribution in [0.5, 0.6) is 11.5 Å². The summed E-state index contributed by atoms with van der Waals surface area (Å²) in [6.45, 7) is 2.43. The van der Waals surface area contributed by atoms with Gasteiger partial charge in [-0.15, -0.1) is 0 Å². The smallest absolute Gasteiger partial charge is 0.219 e. The Balaban J connectivity index is 2.45. The molecule has 4 nitrogen and oxygen atoms in total. The van der Waals surface area contributed by atoms with Gasteiger partial charge in [0.25, 0.3) is 0 Å². The molecule has 1 fully saturated rings. The van der Waals surface area contributed by atoms with Crippen LogP contribution in [0.4, 0.5) is 0 Å². The van der Waals surface area contributed by atoms with Crippen LogP contribution in [0.3, 0.4) is 0 Å². The van der Waals surface area contributed by atoms with E-state index < -0.39 is 0 Å². The fourth-order valence-electron chi connectivity index (χ4n) is 2.82. The Morgan fingerprint density at radius 2 is 1.84 bits per heavy atom. The topological polar surface area (TPSA) is 38.8 Å². The normalized spacial score (nSPS) is 19.1. The van der Waals surface area contributed by atoms with Crippen molar-refractivity contribution < 1.29 is 14.3 Å². The molecule has 0 bridgehead atoms. The molecule has 1 heterocycles. The maximum atomic E-state index is 11.8. The van der Waals surface area contributed by atoms with Gasteiger partial charge in [0.2, 0.25) is 5.91 Å². The second-order valence-electron chi connectivity index (χ2n) is 4.80. The Kier molecular flexibility index (Phi) is 4.30. The molecule has 0 saturated carbocycles. The number of nitrogens with zero attached hydrogens (tertiary/aromatic N) is 1. The quantitative estimate of drug-likeness (QED) is 0.841. The summed E-state index contributed by atoms with van der Waals surface area (Å²) >= 11 is 0. The highest BCUT2D eigenvalue weighted by Gasteiger charge is 2.30. The number of rotatable bonds is 3. The molecule has 19 heavy (non-hydrogen) atoms. The summed E-state index contributed by atoms with van der Waals surface area (Å²) in [7, 11) is 3.30. The first kappa shape index (κ1) is 13.7. The van der Waals surface area contributed by atoms with Crippen molar-refractivity contribution in [3.63, 3.8) is 0 Å². The van der Waals surface area contributed by atoms with E-state index in [1.807, 2.05) is 23.1 Å². The minimum Gasteiger partial charge on any atom is -0.496 e. The average molecular weight is 263 g/mol. The summed E-state index contributed by atoms with van der Waals surface area (Å²) in [5.74, 6) is 1.69. The molecule has 0 N–H and O–H groups in total. The van der Waals surface area contributed by atoms with Gasteiger partial charge in [-0.1, -0.05) is 6.07 Å². The minimum absolute atomic E-state index is 0.0531. The van der Waals surface area contributed by atoms with Crippen molar-refractivity contribution in [1.82, 2.24) is 4.90 Å². The Hall–Kier alpha value is -1.71. The maximum absolute atomic E-state index is 11.8. The van der Waals surface area contributed by atoms with E-state index in [0.717, 1.165) is 42.9 Å². The molecule has 4 heteroatoms. The van der Waals surface area contributed by atoms with E-state index in [0.29, 0.717) is 0 Å². The van der Waals surface area contributed by atoms with E-state index >= 15 is 0 Å². The number of ether oxygens (including phenoxy) is 2. The van der Waals surface area contributed by atoms with Crippen LogP contribution >= 0.6 is 0 Å². The van der Waals surface area contributed by atoms with Crippen LogP contribution in [0.25, 0.3) is 0 Å². The molecule has 0 aliphatic carbocycles. The van der Waals surface area contributed by atoms with Gasteiger partial charge in [0.1, 0.15) is 11.5 Å². The molecule has 1 aromatic carbocycles. The van der Waals surface area contributed by atoms with Gasteiger partial charge in [0, 0.05) is 13.5 Å². The third-order valence-corrected chi connectivity index (χ3v) is 3.71. The Morgan fingerprint density at radius 3 is 2.37 bits per heavy atom. The van der Waals surface area contributed by atoms with Crippen molar-refractivity contribution in [3.8, 4) is 11.5 Å². The number of carbonyl (C=O) groups is 1. The van der Waals surface area contributed by atoms with Crippen molar-refractivity contribution >= 4 is 5.91 Å². The lowest BCUT2D eigenvalue weighted by atomic mass is 9.93. The van der Waals surface area contributed by atoms with Crippen LogP contribution in [0.2, 0.25) is 0 Å². The molecule has 1 atom stereocenters. The van der Waals surface area contributed by atoms with Crippen molar-refractivity contribution in [2.45, 2.75) is 32.2 Å². The summed E-state index contributed by atoms with van der Waals surface area (Å²) in [6, 6.07) is 5.80. The maximum Gasteiger partial charge on any atom is 0.219 e. The monoisotopic (exact) mass is 263 g/mol. The molecule has 104 valence electrons. The first-order valence-corrected chi connectivity index (χ1v) is 6.67. The van der Waals surface area contributed by atoms with Crippen LogP contribution in [-0.2, 0) is 4.79 Å². The lowest BCUT2D eigenvalue weighted by Gasteiger charge is -2.36. The van der Waals surface area contributed by atoms with Gasteiger partial charge in [0.15, 0.2) is 0 Å². The molecule has 1 amide bonds. The zero-order valence-corrected chi connectivity index (χ0v) is 11.8. The Labute approximate surface area is 114 Å². The molecule has 1 aliphatic heterocycles. The predicted octanol–water partition coefficient (Wildman–Crippen LogP) is 2.78. The number of hydrogen-bond donors (Lipinski definition) is 0. The van der Waals surface area contributed by atoms with E-state index in [9.17, 15) is 4.79 Å². The van der Waals surface area contributed by atoms with Gasteiger partial charge in [0.05, 0.1) is 25.8 Å². The molecule has 1 unspecified atom stereocenters. The van der Waals surface area contributed by atoms with Gasteiger partial charge in [-0.25, -0.2) is 0 Å². The first-order chi connectivity index (χ1) is 9.19. The number of hydrogen-bond acceptors (Lipinski definition) is 3. The number of likely N-dealkylation sites (tertiary alicyclic amines) is 1. The highest BCUT2D eigenvalue weighted by Crippen LogP contribution is 2.41. The molecule has 1 aliphatic rings. The third kappa shape index (κ3) is 2.67. The molecule has 0 aromatic heterocycles. The van der Waals surface area contributed by atoms with Gasteiger partial charge in [-0.3, -0.25) is 4.79 Å². The Morgan fingerprint density at radius 1 is 1.21 bits per heavy atom. The molecule has 0 radical (unpaired) electrons. The van der Waals surface area contributed by atoms with Crippen molar-refractivity contribution in [2.75, 3.05) is 20.8 Å². The molecule has 1 aromatic rings. The Bertz CT molecular complexity index is 436. The first-order valence-electron chi connectivity index (χ1n) is 6.67. The summed E-state index contributed by atoms with van der Waals surface area (Å²) in [5.41, 5.74) is 0.988. The van der Waals surface area contributed by atoms with Crippen LogP contribution < -0.4 is 9.47 Å². The average Bonchev–Trinajstić information content (AvgIpc) is 2.46. The lowest BCUT2D eigenvalue weighted by Crippen LogP contribution is -2.37. The summed E-state index contributed by atoms with van der Waals surface area (Å²) in [4.78, 5) is 13.7. The van der Waals surface area contributed by atoms with Crippen LogP contribution in [-0.4, -0.2) is 31.6 Å². The van der Waals surface area contributed by atoms with E-state index in [4.69, 9.17) is 9.47 Å². The highest BCUT2D eigenvalue weighted by molar-refractivity contribution is 5.74. The number of benzene rings is 1. The van der Waals surface area contributed by atoms with E-state index in [1.54, 1.807) is 21.1 Å². The minimum atomic E-state index is 0.0531. The number of carbonyl (C=O) groups excluding carboxylic acids is 1. The van der Waals surface area contributed by atoms with Gasteiger partial charge in [-0.2, -0.15) is 0 Å². The van der Waals surface area contributed by atoms with Gasteiger partial charge in [-0.05, 0) is 31.4 Å². The summed E-state index contributed by atoms with van der Waals surface area (Å²) < 4.78 is 10.9. The van der Waals surface area contributed by atoms with Gasteiger partial charge >= 0.3 is 0 Å². The van der Waals surface area contributed by atoms with Crippen LogP contribution in [0.15, 0.2) is 18.2 Å². The number of piperidine rings is 1. The second kappa shape index (κ2) is 5.95. The lowest BCUT2D eigenvalue weighted by molar-refractivity contribution is -0.132. The largest absolute Gasteiger partial charge is 0.496 e. The van der Waals surface area contributed by atoms with E-state index in [-0.39, 0.29) is 11.9 Å². The fraction of sp³-hybridized carbons (Fsp3) is 0.533. The van der Waals surface area contributed by atoms with Crippen LogP contribution in [0.1, 0.15) is 37.8 Å². The number of amides is 1. The van der Waals surface area contributed by atoms with E-state index in [1.165, 1.54) is 0 Å². The zero-order valence-electron chi connectivity index (χ0n) is 11.8. The third-order valence-electron chi connectivity index (χ3n) is 3.71. The molecule has 0 spiro atoms. The summed E-state index contributed by atoms with van der Waals surface area (Å²) in [6.07, 6.45) is 3.14. The molecule has 2 rings (SSSR count). The molecular formula is C15H21NO3.